The number of carbonyl (C=O) groups excluding carboxylic acids is 3. The van der Waals surface area contributed by atoms with Crippen molar-refractivity contribution in [3.8, 4) is 11.1 Å². The minimum atomic E-state index is -0.590. The Morgan fingerprint density at radius 2 is 2.17 bits per heavy atom. The molecule has 0 spiro atoms. The molecule has 1 saturated heterocycles. The lowest BCUT2D eigenvalue weighted by atomic mass is 10.1. The van der Waals surface area contributed by atoms with Crippen LogP contribution in [0.5, 0.6) is 0 Å². The molecule has 1 aliphatic rings. The molecule has 0 bridgehead atoms. The van der Waals surface area contributed by atoms with Crippen molar-refractivity contribution in [3.63, 3.8) is 0 Å². The average molecular weight is 412 g/mol. The summed E-state index contributed by atoms with van der Waals surface area (Å²) in [4.78, 5) is 39.6. The van der Waals surface area contributed by atoms with Gasteiger partial charge >= 0.3 is 6.09 Å². The Bertz CT molecular complexity index is 1130. The van der Waals surface area contributed by atoms with Crippen LogP contribution in [-0.2, 0) is 9.53 Å². The van der Waals surface area contributed by atoms with E-state index in [1.165, 1.54) is 24.1 Å². The van der Waals surface area contributed by atoms with Crippen LogP contribution in [0.2, 0.25) is 0 Å². The van der Waals surface area contributed by atoms with E-state index >= 15 is 0 Å². The van der Waals surface area contributed by atoms with Crippen LogP contribution < -0.4 is 10.2 Å². The molecule has 8 nitrogen and oxygen atoms in total. The molecule has 2 aromatic heterocycles. The van der Waals surface area contributed by atoms with Crippen LogP contribution in [-0.4, -0.2) is 46.9 Å². The second-order valence-corrected chi connectivity index (χ2v) is 6.66. The highest BCUT2D eigenvalue weighted by Crippen LogP contribution is 2.29. The molecule has 3 heterocycles. The van der Waals surface area contributed by atoms with E-state index in [1.54, 1.807) is 34.9 Å². The van der Waals surface area contributed by atoms with E-state index in [1.807, 2.05) is 0 Å². The Hall–Kier alpha value is -3.75. The summed E-state index contributed by atoms with van der Waals surface area (Å²) in [6.07, 6.45) is 2.71. The zero-order chi connectivity index (χ0) is 20.5. The third-order valence-electron chi connectivity index (χ3n) is 4.69. The number of aldehydes is 1. The first kappa shape index (κ1) is 21.0. The van der Waals surface area contributed by atoms with Crippen molar-refractivity contribution >= 4 is 29.6 Å². The smallest absolute Gasteiger partial charge is 0.414 e. The molecule has 0 unspecified atom stereocenters. The van der Waals surface area contributed by atoms with E-state index in [9.17, 15) is 18.8 Å². The third-order valence-corrected chi connectivity index (χ3v) is 4.69. The number of hydrogen-bond acceptors (Lipinski definition) is 5. The Morgan fingerprint density at radius 3 is 2.87 bits per heavy atom. The van der Waals surface area contributed by atoms with Gasteiger partial charge in [0.15, 0.2) is 6.29 Å². The number of cyclic esters (lactones) is 1. The molecular weight excluding hydrogens is 391 g/mol. The van der Waals surface area contributed by atoms with E-state index in [0.29, 0.717) is 34.4 Å². The number of rotatable bonds is 5. The Kier molecular flexibility index (Phi) is 5.81. The maximum absolute atomic E-state index is 14.8. The fourth-order valence-electron chi connectivity index (χ4n) is 3.26. The minimum absolute atomic E-state index is 0. The molecule has 9 heteroatoms. The summed E-state index contributed by atoms with van der Waals surface area (Å²) in [6, 6.07) is 7.84. The van der Waals surface area contributed by atoms with E-state index in [0.717, 1.165) is 0 Å². The largest absolute Gasteiger partial charge is 0.442 e. The molecule has 3 aromatic rings. The van der Waals surface area contributed by atoms with Gasteiger partial charge in [0, 0.05) is 18.7 Å². The predicted octanol–water partition coefficient (Wildman–Crippen LogP) is 3.05. The summed E-state index contributed by atoms with van der Waals surface area (Å²) < 4.78 is 21.6. The molecule has 0 radical (unpaired) electrons. The number of nitrogens with zero attached hydrogens (tertiary/aromatic N) is 3. The van der Waals surface area contributed by atoms with Gasteiger partial charge in [-0.2, -0.15) is 0 Å². The summed E-state index contributed by atoms with van der Waals surface area (Å²) in [5, 5.41) is 2.60. The van der Waals surface area contributed by atoms with Gasteiger partial charge in [-0.05, 0) is 35.9 Å². The van der Waals surface area contributed by atoms with Crippen LogP contribution in [0.25, 0.3) is 16.8 Å². The van der Waals surface area contributed by atoms with Crippen molar-refractivity contribution < 1.29 is 23.5 Å². The summed E-state index contributed by atoms with van der Waals surface area (Å²) in [6.45, 7) is 1.79. The molecular formula is C21H21FN4O4. The van der Waals surface area contributed by atoms with Crippen molar-refractivity contribution in [2.45, 2.75) is 20.5 Å². The van der Waals surface area contributed by atoms with Crippen molar-refractivity contribution in [2.24, 2.45) is 0 Å². The fraction of sp³-hybridized carbons (Fsp3) is 0.238. The molecule has 1 aromatic carbocycles. The van der Waals surface area contributed by atoms with E-state index in [4.69, 9.17) is 4.74 Å². The monoisotopic (exact) mass is 412 g/mol. The third kappa shape index (κ3) is 3.86. The molecule has 156 valence electrons. The molecule has 1 fully saturated rings. The lowest BCUT2D eigenvalue weighted by molar-refractivity contribution is -0.119. The summed E-state index contributed by atoms with van der Waals surface area (Å²) in [7, 11) is 0. The van der Waals surface area contributed by atoms with Crippen LogP contribution in [0, 0.1) is 5.82 Å². The molecule has 0 aliphatic carbocycles. The first-order valence-electron chi connectivity index (χ1n) is 8.91. The first-order valence-corrected chi connectivity index (χ1v) is 8.91. The molecule has 1 N–H and O–H groups in total. The number of benzene rings is 1. The van der Waals surface area contributed by atoms with Crippen LogP contribution in [0.15, 0.2) is 42.7 Å². The van der Waals surface area contributed by atoms with Gasteiger partial charge in [0.1, 0.15) is 23.3 Å². The highest BCUT2D eigenvalue weighted by atomic mass is 19.1. The number of fused-ring (bicyclic) bond motifs is 1. The summed E-state index contributed by atoms with van der Waals surface area (Å²) >= 11 is 0. The maximum atomic E-state index is 14.8. The highest BCUT2D eigenvalue weighted by molar-refractivity contribution is 5.90. The lowest BCUT2D eigenvalue weighted by Gasteiger charge is -2.14. The van der Waals surface area contributed by atoms with Crippen molar-refractivity contribution in [2.75, 3.05) is 18.0 Å². The van der Waals surface area contributed by atoms with Crippen molar-refractivity contribution in [3.05, 3.63) is 54.2 Å². The number of carbonyl (C=O) groups is 3. The Morgan fingerprint density at radius 1 is 1.37 bits per heavy atom. The standard InChI is InChI=1S/C20H17FN4O4.CH4/c1-12(27)22-9-16-10-25(20(28)29-16)14-2-3-17(18(21)7-14)13-4-5-24-15(11-26)8-23-19(24)6-13;/h2-8,11,16H,9-10H2,1H3,(H,22,27);1H4/t16-;/m0./s1. The van der Waals surface area contributed by atoms with Gasteiger partial charge in [-0.3, -0.25) is 18.9 Å². The van der Waals surface area contributed by atoms with Gasteiger partial charge < -0.3 is 10.1 Å². The SMILES string of the molecule is C.CC(=O)NC[C@H]1CN(c2ccc(-c3ccn4c(C=O)cnc4c3)c(F)c2)C(=O)O1. The van der Waals surface area contributed by atoms with Crippen molar-refractivity contribution in [1.29, 1.82) is 0 Å². The number of amides is 2. The molecule has 0 saturated carbocycles. The number of halogens is 1. The molecule has 2 amide bonds. The van der Waals surface area contributed by atoms with Crippen LogP contribution in [0.1, 0.15) is 24.8 Å². The quantitative estimate of drug-likeness (QED) is 0.650. The number of ether oxygens (including phenoxy) is 1. The molecule has 1 aliphatic heterocycles. The fourth-order valence-corrected chi connectivity index (χ4v) is 3.26. The van der Waals surface area contributed by atoms with E-state index in [2.05, 4.69) is 10.3 Å². The van der Waals surface area contributed by atoms with Gasteiger partial charge in [-0.25, -0.2) is 14.2 Å². The van der Waals surface area contributed by atoms with Gasteiger partial charge in [-0.1, -0.05) is 7.43 Å². The van der Waals surface area contributed by atoms with E-state index in [-0.39, 0.29) is 26.4 Å². The predicted molar refractivity (Wildman–Crippen MR) is 109 cm³/mol. The second-order valence-electron chi connectivity index (χ2n) is 6.66. The zero-order valence-corrected chi connectivity index (χ0v) is 15.5. The van der Waals surface area contributed by atoms with Gasteiger partial charge in [0.25, 0.3) is 0 Å². The maximum Gasteiger partial charge on any atom is 0.414 e. The molecule has 30 heavy (non-hydrogen) atoms. The molecule has 1 atom stereocenters. The number of aromatic nitrogens is 2. The Balaban J connectivity index is 0.00000256. The van der Waals surface area contributed by atoms with Crippen LogP contribution >= 0.6 is 0 Å². The minimum Gasteiger partial charge on any atom is -0.442 e. The van der Waals surface area contributed by atoms with Gasteiger partial charge in [0.05, 0.1) is 25.0 Å². The number of pyridine rings is 1. The number of anilines is 1. The molecule has 4 rings (SSSR count). The number of imidazole rings is 1. The summed E-state index contributed by atoms with van der Waals surface area (Å²) in [5.41, 5.74) is 2.24. The highest BCUT2D eigenvalue weighted by Gasteiger charge is 2.32. The Labute approximate surface area is 172 Å². The van der Waals surface area contributed by atoms with E-state index < -0.39 is 18.0 Å². The van der Waals surface area contributed by atoms with Crippen LogP contribution in [0.4, 0.5) is 14.9 Å². The normalized spacial score (nSPS) is 15.6. The second kappa shape index (κ2) is 8.32. The van der Waals surface area contributed by atoms with Crippen LogP contribution in [0.3, 0.4) is 0 Å². The van der Waals surface area contributed by atoms with Crippen molar-refractivity contribution in [1.82, 2.24) is 14.7 Å². The van der Waals surface area contributed by atoms with Gasteiger partial charge in [-0.15, -0.1) is 0 Å². The number of nitrogens with one attached hydrogen (secondary N) is 1. The lowest BCUT2D eigenvalue weighted by Crippen LogP contribution is -2.33. The number of hydrogen-bond donors (Lipinski definition) is 1. The zero-order valence-electron chi connectivity index (χ0n) is 15.5. The topological polar surface area (TPSA) is 93.0 Å². The average Bonchev–Trinajstić information content (AvgIpc) is 3.28. The first-order chi connectivity index (χ1) is 14.0. The summed E-state index contributed by atoms with van der Waals surface area (Å²) in [5.74, 6) is -0.725. The van der Waals surface area contributed by atoms with Gasteiger partial charge in [0.2, 0.25) is 5.91 Å².